The van der Waals surface area contributed by atoms with Crippen LogP contribution in [0.25, 0.3) is 0 Å². The van der Waals surface area contributed by atoms with Gasteiger partial charge in [-0.05, 0) is 62.2 Å². The molecule has 0 radical (unpaired) electrons. The lowest BCUT2D eigenvalue weighted by Gasteiger charge is -2.28. The number of carbonyl (C=O) groups excluding carboxylic acids is 4. The van der Waals surface area contributed by atoms with E-state index in [1.165, 1.54) is 14.2 Å². The molecule has 2 amide bonds. The molecule has 0 spiro atoms. The van der Waals surface area contributed by atoms with Gasteiger partial charge in [0.15, 0.2) is 0 Å². The Morgan fingerprint density at radius 2 is 0.948 bits per heavy atom. The molecule has 2 aliphatic heterocycles. The molecule has 4 aromatic rings. The highest BCUT2D eigenvalue weighted by Gasteiger charge is 2.45. The van der Waals surface area contributed by atoms with Crippen LogP contribution in [0.5, 0.6) is 0 Å². The number of likely N-dealkylation sites (N-methyl/N-ethyl adjacent to an activating group) is 2. The van der Waals surface area contributed by atoms with E-state index in [-0.39, 0.29) is 29.9 Å². The van der Waals surface area contributed by atoms with Crippen molar-refractivity contribution in [3.63, 3.8) is 0 Å². The van der Waals surface area contributed by atoms with Crippen LogP contribution in [0.15, 0.2) is 121 Å². The Bertz CT molecular complexity index is 1890. The van der Waals surface area contributed by atoms with Crippen LogP contribution in [0.3, 0.4) is 0 Å². The van der Waals surface area contributed by atoms with Crippen LogP contribution in [0.2, 0.25) is 0 Å². The van der Waals surface area contributed by atoms with E-state index in [2.05, 4.69) is 24.8 Å². The van der Waals surface area contributed by atoms with Crippen LogP contribution in [0.1, 0.15) is 60.3 Å². The normalized spacial score (nSPS) is 18.8. The summed E-state index contributed by atoms with van der Waals surface area (Å²) < 4.78 is 10.0. The highest BCUT2D eigenvalue weighted by Crippen LogP contribution is 2.33. The molecule has 0 unspecified atom stereocenters. The van der Waals surface area contributed by atoms with Gasteiger partial charge in [-0.3, -0.25) is 14.5 Å². The second-order valence-corrected chi connectivity index (χ2v) is 14.9. The van der Waals surface area contributed by atoms with Gasteiger partial charge in [0.05, 0.1) is 32.6 Å². The number of rotatable bonds is 13. The molecule has 0 saturated carbocycles. The summed E-state index contributed by atoms with van der Waals surface area (Å²) in [5.41, 5.74) is 3.65. The van der Waals surface area contributed by atoms with Crippen molar-refractivity contribution in [2.24, 2.45) is 0 Å². The number of amides is 2. The first-order chi connectivity index (χ1) is 28.1. The van der Waals surface area contributed by atoms with Crippen molar-refractivity contribution in [2.75, 3.05) is 54.5 Å². The van der Waals surface area contributed by atoms with Crippen molar-refractivity contribution >= 4 is 23.8 Å². The summed E-state index contributed by atoms with van der Waals surface area (Å²) in [5.74, 6) is 0.809. The van der Waals surface area contributed by atoms with Crippen molar-refractivity contribution in [3.8, 4) is 12.3 Å². The third-order valence-corrected chi connectivity index (χ3v) is 11.3. The number of hydrogen-bond donors (Lipinski definition) is 0. The van der Waals surface area contributed by atoms with Gasteiger partial charge in [0.25, 0.3) is 0 Å². The SMILES string of the molecule is C#CCN(C)[C@H]1C[C@@H](C(=O)OC)N(C(=O)C(c2ccccc2)c2ccccc2)C1.CCCN(C)[C@H]1C[C@@H](C(=O)OC)N(C(=O)C(c2ccccc2)c2ccccc2)C1. The zero-order valence-corrected chi connectivity index (χ0v) is 34.3. The van der Waals surface area contributed by atoms with Crippen LogP contribution >= 0.6 is 0 Å². The number of likely N-dealkylation sites (tertiary alicyclic amines) is 2. The van der Waals surface area contributed by atoms with Crippen LogP contribution in [-0.2, 0) is 28.7 Å². The molecule has 304 valence electrons. The minimum atomic E-state index is -0.618. The molecule has 2 aliphatic rings. The van der Waals surface area contributed by atoms with Gasteiger partial charge < -0.3 is 24.2 Å². The van der Waals surface area contributed by atoms with E-state index < -0.39 is 29.9 Å². The number of ether oxygens (including phenoxy) is 2. The fraction of sp³-hybridized carbons (Fsp3) is 0.375. The van der Waals surface area contributed by atoms with Gasteiger partial charge in [-0.2, -0.15) is 0 Å². The van der Waals surface area contributed by atoms with E-state index in [0.717, 1.165) is 35.2 Å². The fourth-order valence-electron chi connectivity index (χ4n) is 8.15. The van der Waals surface area contributed by atoms with Crippen molar-refractivity contribution in [2.45, 2.75) is 62.2 Å². The number of nitrogens with zero attached hydrogens (tertiary/aromatic N) is 4. The van der Waals surface area contributed by atoms with E-state index in [1.54, 1.807) is 9.80 Å². The number of esters is 2. The second-order valence-electron chi connectivity index (χ2n) is 14.9. The van der Waals surface area contributed by atoms with Gasteiger partial charge in [-0.15, -0.1) is 6.42 Å². The second kappa shape index (κ2) is 21.1. The monoisotopic (exact) mass is 784 g/mol. The predicted octanol–water partition coefficient (Wildman–Crippen LogP) is 5.83. The Morgan fingerprint density at radius 1 is 0.621 bits per heavy atom. The van der Waals surface area contributed by atoms with Crippen molar-refractivity contribution in [1.29, 1.82) is 0 Å². The number of benzene rings is 4. The van der Waals surface area contributed by atoms with Gasteiger partial charge in [-0.25, -0.2) is 9.59 Å². The molecule has 0 aromatic heterocycles. The number of carbonyl (C=O) groups is 4. The topological polar surface area (TPSA) is 99.7 Å². The minimum Gasteiger partial charge on any atom is -0.467 e. The molecule has 4 aromatic carbocycles. The van der Waals surface area contributed by atoms with E-state index in [9.17, 15) is 19.2 Å². The first-order valence-corrected chi connectivity index (χ1v) is 19.9. The Labute approximate surface area is 343 Å². The molecule has 0 bridgehead atoms. The average molecular weight is 785 g/mol. The summed E-state index contributed by atoms with van der Waals surface area (Å²) >= 11 is 0. The summed E-state index contributed by atoms with van der Waals surface area (Å²) in [6.07, 6.45) is 7.59. The maximum atomic E-state index is 13.8. The third kappa shape index (κ3) is 10.4. The zero-order chi connectivity index (χ0) is 41.6. The molecule has 10 heteroatoms. The molecular weight excluding hydrogens is 729 g/mol. The maximum absolute atomic E-state index is 13.8. The molecule has 4 atom stereocenters. The Balaban J connectivity index is 0.000000221. The molecular formula is C48H56N4O6. The summed E-state index contributed by atoms with van der Waals surface area (Å²) in [6.45, 7) is 4.49. The van der Waals surface area contributed by atoms with E-state index in [0.29, 0.717) is 32.5 Å². The largest absolute Gasteiger partial charge is 0.467 e. The van der Waals surface area contributed by atoms with E-state index in [4.69, 9.17) is 15.9 Å². The smallest absolute Gasteiger partial charge is 0.328 e. The average Bonchev–Trinajstić information content (AvgIpc) is 3.92. The molecule has 0 N–H and O–H groups in total. The molecule has 2 heterocycles. The fourth-order valence-corrected chi connectivity index (χ4v) is 8.15. The Morgan fingerprint density at radius 3 is 1.24 bits per heavy atom. The van der Waals surface area contributed by atoms with Crippen LogP contribution in [0, 0.1) is 12.3 Å². The lowest BCUT2D eigenvalue weighted by atomic mass is 9.90. The van der Waals surface area contributed by atoms with Gasteiger partial charge in [0.1, 0.15) is 12.1 Å². The highest BCUT2D eigenvalue weighted by molar-refractivity contribution is 5.92. The number of methoxy groups -OCH3 is 2. The first kappa shape index (κ1) is 43.4. The Kier molecular flexibility index (Phi) is 15.8. The van der Waals surface area contributed by atoms with Gasteiger partial charge in [-0.1, -0.05) is 134 Å². The molecule has 2 fully saturated rings. The number of terminal acetylenes is 1. The molecule has 2 saturated heterocycles. The quantitative estimate of drug-likeness (QED) is 0.124. The lowest BCUT2D eigenvalue weighted by molar-refractivity contribution is -0.151. The van der Waals surface area contributed by atoms with Crippen molar-refractivity contribution in [3.05, 3.63) is 144 Å². The standard InChI is InChI=1S/C24H30N2O3.C24H26N2O3/c2*1-4-15-25(2)20-16-21(24(28)29-3)26(17-20)23(27)22(18-11-7-5-8-12-18)19-13-9-6-10-14-19/h5-14,20-22H,4,15-17H2,1-3H3;1,5-14,20-22H,15-17H2,2-3H3/t2*20-,21-/m00/s1. The van der Waals surface area contributed by atoms with Gasteiger partial charge >= 0.3 is 11.9 Å². The molecule has 6 rings (SSSR count). The van der Waals surface area contributed by atoms with E-state index >= 15 is 0 Å². The van der Waals surface area contributed by atoms with Crippen molar-refractivity contribution in [1.82, 2.24) is 19.6 Å². The highest BCUT2D eigenvalue weighted by atomic mass is 16.5. The summed E-state index contributed by atoms with van der Waals surface area (Å²) in [6, 6.07) is 37.8. The van der Waals surface area contributed by atoms with Crippen LogP contribution < -0.4 is 0 Å². The summed E-state index contributed by atoms with van der Waals surface area (Å²) in [7, 11) is 6.72. The van der Waals surface area contributed by atoms with Crippen molar-refractivity contribution < 1.29 is 28.7 Å². The first-order valence-electron chi connectivity index (χ1n) is 19.9. The molecule has 0 aliphatic carbocycles. The number of hydrogen-bond acceptors (Lipinski definition) is 8. The van der Waals surface area contributed by atoms with Gasteiger partial charge in [0.2, 0.25) is 11.8 Å². The zero-order valence-electron chi connectivity index (χ0n) is 34.3. The predicted molar refractivity (Wildman–Crippen MR) is 226 cm³/mol. The molecule has 10 nitrogen and oxygen atoms in total. The third-order valence-electron chi connectivity index (χ3n) is 11.3. The van der Waals surface area contributed by atoms with Crippen LogP contribution in [-0.4, -0.2) is 122 Å². The minimum absolute atomic E-state index is 0.00583. The Hall–Kier alpha value is -5.76. The summed E-state index contributed by atoms with van der Waals surface area (Å²) in [4.78, 5) is 60.2. The van der Waals surface area contributed by atoms with Crippen LogP contribution in [0.4, 0.5) is 0 Å². The summed E-state index contributed by atoms with van der Waals surface area (Å²) in [5, 5.41) is 0. The molecule has 58 heavy (non-hydrogen) atoms. The van der Waals surface area contributed by atoms with Gasteiger partial charge in [0, 0.05) is 25.2 Å². The maximum Gasteiger partial charge on any atom is 0.328 e. The van der Waals surface area contributed by atoms with E-state index in [1.807, 2.05) is 133 Å². The lowest BCUT2D eigenvalue weighted by Crippen LogP contribution is -2.44.